The molecule has 8 heteroatoms. The molecule has 23 heavy (non-hydrogen) atoms. The predicted molar refractivity (Wildman–Crippen MR) is 84.8 cm³/mol. The summed E-state index contributed by atoms with van der Waals surface area (Å²) >= 11 is 5.98. The summed E-state index contributed by atoms with van der Waals surface area (Å²) in [5.74, 6) is -1.12. The van der Waals surface area contributed by atoms with Gasteiger partial charge < -0.3 is 10.1 Å². The Balaban J connectivity index is 2.20. The Labute approximate surface area is 136 Å². The molecule has 2 aromatic rings. The Bertz CT molecular complexity index is 781. The number of nitrogens with zero attached hydrogens (tertiary/aromatic N) is 1. The van der Waals surface area contributed by atoms with E-state index in [9.17, 15) is 14.4 Å². The van der Waals surface area contributed by atoms with Crippen LogP contribution in [-0.2, 0) is 4.74 Å². The molecule has 1 aromatic carbocycles. The van der Waals surface area contributed by atoms with Gasteiger partial charge in [-0.1, -0.05) is 11.6 Å². The van der Waals surface area contributed by atoms with Crippen molar-refractivity contribution in [3.63, 3.8) is 0 Å². The fourth-order valence-electron chi connectivity index (χ4n) is 1.70. The minimum absolute atomic E-state index is 0.0332. The van der Waals surface area contributed by atoms with Crippen LogP contribution in [0.1, 0.15) is 34.7 Å². The third-order valence-corrected chi connectivity index (χ3v) is 3.03. The first-order chi connectivity index (χ1) is 10.9. The molecule has 2 N–H and O–H groups in total. The van der Waals surface area contributed by atoms with Crippen LogP contribution in [0.2, 0.25) is 5.02 Å². The van der Waals surface area contributed by atoms with Crippen molar-refractivity contribution in [1.29, 1.82) is 0 Å². The van der Waals surface area contributed by atoms with Crippen molar-refractivity contribution in [3.8, 4) is 0 Å². The van der Waals surface area contributed by atoms with Crippen molar-refractivity contribution >= 4 is 29.2 Å². The predicted octanol–water partition coefficient (Wildman–Crippen LogP) is 2.24. The Morgan fingerprint density at radius 2 is 2.00 bits per heavy atom. The zero-order chi connectivity index (χ0) is 17.0. The lowest BCUT2D eigenvalue weighted by molar-refractivity contribution is 0.0378. The maximum Gasteiger partial charge on any atom is 0.339 e. The molecule has 0 spiro atoms. The van der Waals surface area contributed by atoms with Gasteiger partial charge in [-0.25, -0.2) is 9.89 Å². The van der Waals surface area contributed by atoms with Gasteiger partial charge in [-0.2, -0.15) is 5.10 Å². The lowest BCUT2D eigenvalue weighted by Gasteiger charge is -2.11. The molecule has 0 aliphatic rings. The molecule has 0 aliphatic heterocycles. The molecule has 0 aliphatic carbocycles. The highest BCUT2D eigenvalue weighted by Gasteiger charge is 2.15. The second-order valence-corrected chi connectivity index (χ2v) is 5.32. The first-order valence-electron chi connectivity index (χ1n) is 6.74. The van der Waals surface area contributed by atoms with Crippen molar-refractivity contribution < 1.29 is 14.3 Å². The first kappa shape index (κ1) is 16.7. The van der Waals surface area contributed by atoms with Gasteiger partial charge in [0.15, 0.2) is 0 Å². The van der Waals surface area contributed by atoms with Crippen molar-refractivity contribution in [2.75, 3.05) is 5.32 Å². The highest BCUT2D eigenvalue weighted by atomic mass is 35.5. The number of carbonyl (C=O) groups excluding carboxylic acids is 2. The minimum atomic E-state index is -0.580. The van der Waals surface area contributed by atoms with Crippen LogP contribution < -0.4 is 10.9 Å². The highest BCUT2D eigenvalue weighted by molar-refractivity contribution is 6.33. The van der Waals surface area contributed by atoms with Gasteiger partial charge in [0.25, 0.3) is 11.5 Å². The molecule has 2 rings (SSSR count). The maximum absolute atomic E-state index is 12.0. The molecule has 0 fully saturated rings. The number of hydrogen-bond donors (Lipinski definition) is 2. The molecule has 0 bridgehead atoms. The second-order valence-electron chi connectivity index (χ2n) is 4.91. The lowest BCUT2D eigenvalue weighted by atomic mass is 10.2. The largest absolute Gasteiger partial charge is 0.459 e. The Hall–Kier alpha value is -2.67. The number of ether oxygens (including phenoxy) is 1. The van der Waals surface area contributed by atoms with Gasteiger partial charge in [0.05, 0.1) is 16.7 Å². The number of carbonyl (C=O) groups is 2. The maximum atomic E-state index is 12.0. The molecular formula is C15H14ClN3O4. The fraction of sp³-hybridized carbons (Fsp3) is 0.200. The zero-order valence-electron chi connectivity index (χ0n) is 12.4. The third kappa shape index (κ3) is 4.40. The average Bonchev–Trinajstić information content (AvgIpc) is 2.49. The van der Waals surface area contributed by atoms with Crippen LogP contribution in [0, 0.1) is 0 Å². The summed E-state index contributed by atoms with van der Waals surface area (Å²) in [6.45, 7) is 3.44. The van der Waals surface area contributed by atoms with E-state index in [1.165, 1.54) is 30.3 Å². The number of aromatic amines is 1. The van der Waals surface area contributed by atoms with E-state index in [1.807, 2.05) is 0 Å². The molecule has 0 atom stereocenters. The number of benzene rings is 1. The number of hydrogen-bond acceptors (Lipinski definition) is 5. The van der Waals surface area contributed by atoms with Gasteiger partial charge in [0, 0.05) is 11.8 Å². The van der Waals surface area contributed by atoms with Crippen LogP contribution in [0.3, 0.4) is 0 Å². The van der Waals surface area contributed by atoms with Crippen LogP contribution in [-0.4, -0.2) is 28.2 Å². The molecule has 7 nitrogen and oxygen atoms in total. The molecule has 1 amide bonds. The Kier molecular flexibility index (Phi) is 5.13. The number of rotatable bonds is 4. The Morgan fingerprint density at radius 3 is 2.61 bits per heavy atom. The van der Waals surface area contributed by atoms with Crippen LogP contribution in [0.25, 0.3) is 0 Å². The van der Waals surface area contributed by atoms with Crippen molar-refractivity contribution in [3.05, 3.63) is 57.0 Å². The zero-order valence-corrected chi connectivity index (χ0v) is 13.2. The normalized spacial score (nSPS) is 10.4. The van der Waals surface area contributed by atoms with Crippen molar-refractivity contribution in [2.45, 2.75) is 20.0 Å². The van der Waals surface area contributed by atoms with Gasteiger partial charge in [0.1, 0.15) is 5.69 Å². The van der Waals surface area contributed by atoms with Crippen LogP contribution in [0.5, 0.6) is 0 Å². The number of aromatic nitrogens is 2. The summed E-state index contributed by atoms with van der Waals surface area (Å²) in [7, 11) is 0. The fourth-order valence-corrected chi connectivity index (χ4v) is 1.90. The third-order valence-electron chi connectivity index (χ3n) is 2.70. The van der Waals surface area contributed by atoms with Gasteiger partial charge >= 0.3 is 5.97 Å². The van der Waals surface area contributed by atoms with E-state index >= 15 is 0 Å². The number of esters is 1. The SMILES string of the molecule is CC(C)OC(=O)c1cc(NC(=O)c2ccc(=O)[nH]n2)ccc1Cl. The van der Waals surface area contributed by atoms with Crippen LogP contribution in [0.4, 0.5) is 5.69 Å². The van der Waals surface area contributed by atoms with E-state index in [2.05, 4.69) is 15.5 Å². The number of H-pyrrole nitrogens is 1. The summed E-state index contributed by atoms with van der Waals surface area (Å²) in [5, 5.41) is 8.57. The van der Waals surface area contributed by atoms with E-state index in [-0.39, 0.29) is 22.4 Å². The van der Waals surface area contributed by atoms with Gasteiger partial charge in [-0.05, 0) is 38.1 Å². The highest BCUT2D eigenvalue weighted by Crippen LogP contribution is 2.22. The Morgan fingerprint density at radius 1 is 1.26 bits per heavy atom. The van der Waals surface area contributed by atoms with Crippen LogP contribution in [0.15, 0.2) is 35.1 Å². The summed E-state index contributed by atoms with van der Waals surface area (Å²) in [5.41, 5.74) is 0.119. The van der Waals surface area contributed by atoms with E-state index in [1.54, 1.807) is 13.8 Å². The monoisotopic (exact) mass is 335 g/mol. The number of anilines is 1. The minimum Gasteiger partial charge on any atom is -0.459 e. The number of halogens is 1. The summed E-state index contributed by atoms with van der Waals surface area (Å²) in [6.07, 6.45) is -0.290. The van der Waals surface area contributed by atoms with Crippen LogP contribution >= 0.6 is 11.6 Å². The molecule has 0 saturated carbocycles. The summed E-state index contributed by atoms with van der Waals surface area (Å²) in [6, 6.07) is 6.91. The van der Waals surface area contributed by atoms with E-state index in [0.29, 0.717) is 5.69 Å². The van der Waals surface area contributed by atoms with Gasteiger partial charge in [-0.3, -0.25) is 9.59 Å². The lowest BCUT2D eigenvalue weighted by Crippen LogP contribution is -2.18. The standard InChI is InChI=1S/C15H14ClN3O4/c1-8(2)23-15(22)10-7-9(3-4-11(10)16)17-14(21)12-5-6-13(20)19-18-12/h3-8H,1-2H3,(H,17,21)(H,19,20). The molecule has 0 radical (unpaired) electrons. The molecule has 0 unspecified atom stereocenters. The van der Waals surface area contributed by atoms with Gasteiger partial charge in [-0.15, -0.1) is 0 Å². The number of nitrogens with one attached hydrogen (secondary N) is 2. The average molecular weight is 336 g/mol. The number of amides is 1. The molecule has 120 valence electrons. The van der Waals surface area contributed by atoms with E-state index in [4.69, 9.17) is 16.3 Å². The van der Waals surface area contributed by atoms with E-state index in [0.717, 1.165) is 0 Å². The quantitative estimate of drug-likeness (QED) is 0.834. The smallest absolute Gasteiger partial charge is 0.339 e. The first-order valence-corrected chi connectivity index (χ1v) is 7.12. The molecule has 1 heterocycles. The summed E-state index contributed by atoms with van der Waals surface area (Å²) < 4.78 is 5.09. The molecular weight excluding hydrogens is 322 g/mol. The van der Waals surface area contributed by atoms with Crippen molar-refractivity contribution in [1.82, 2.24) is 10.2 Å². The topological polar surface area (TPSA) is 101 Å². The molecule has 0 saturated heterocycles. The van der Waals surface area contributed by atoms with E-state index < -0.39 is 17.4 Å². The van der Waals surface area contributed by atoms with Crippen molar-refractivity contribution in [2.24, 2.45) is 0 Å². The molecule has 1 aromatic heterocycles. The van der Waals surface area contributed by atoms with Gasteiger partial charge in [0.2, 0.25) is 0 Å². The summed E-state index contributed by atoms with van der Waals surface area (Å²) in [4.78, 5) is 34.9. The second kappa shape index (κ2) is 7.06.